The van der Waals surface area contributed by atoms with E-state index in [1.807, 2.05) is 13.8 Å². The fourth-order valence-corrected chi connectivity index (χ4v) is 2.02. The van der Waals surface area contributed by atoms with E-state index in [9.17, 15) is 9.59 Å². The Kier molecular flexibility index (Phi) is 7.10. The molecule has 0 aliphatic rings. The minimum absolute atomic E-state index is 0.0805. The van der Waals surface area contributed by atoms with Crippen LogP contribution in [0, 0.1) is 5.92 Å². The van der Waals surface area contributed by atoms with Gasteiger partial charge in [0.2, 0.25) is 5.89 Å². The van der Waals surface area contributed by atoms with Crippen molar-refractivity contribution in [3.05, 3.63) is 41.5 Å². The van der Waals surface area contributed by atoms with Gasteiger partial charge in [0, 0.05) is 24.9 Å². The first-order chi connectivity index (χ1) is 12.5. The van der Waals surface area contributed by atoms with Gasteiger partial charge in [-0.05, 0) is 24.1 Å². The maximum Gasteiger partial charge on any atom is 0.319 e. The van der Waals surface area contributed by atoms with Crippen LogP contribution in [0.25, 0.3) is 0 Å². The first-order valence-electron chi connectivity index (χ1n) is 8.21. The average Bonchev–Trinajstić information content (AvgIpc) is 3.06. The van der Waals surface area contributed by atoms with Gasteiger partial charge in [0.1, 0.15) is 6.61 Å². The molecule has 1 aromatic heterocycles. The van der Waals surface area contributed by atoms with Gasteiger partial charge >= 0.3 is 6.03 Å². The highest BCUT2D eigenvalue weighted by Crippen LogP contribution is 2.11. The maximum atomic E-state index is 12.1. The highest BCUT2D eigenvalue weighted by Gasteiger charge is 2.10. The highest BCUT2D eigenvalue weighted by molar-refractivity contribution is 5.96. The molecule has 140 valence electrons. The third-order valence-electron chi connectivity index (χ3n) is 3.24. The van der Waals surface area contributed by atoms with Crippen LogP contribution < -0.4 is 16.0 Å². The molecule has 2 aromatic rings. The fraction of sp³-hybridized carbons (Fsp3) is 0.412. The molecule has 0 aliphatic heterocycles. The molecule has 0 bridgehead atoms. The summed E-state index contributed by atoms with van der Waals surface area (Å²) in [5, 5.41) is 11.8. The summed E-state index contributed by atoms with van der Waals surface area (Å²) in [6, 6.07) is 6.25. The normalized spacial score (nSPS) is 10.6. The lowest BCUT2D eigenvalue weighted by molar-refractivity contribution is 0.0949. The van der Waals surface area contributed by atoms with Crippen LogP contribution >= 0.6 is 0 Å². The van der Waals surface area contributed by atoms with Gasteiger partial charge in [-0.1, -0.05) is 25.1 Å². The zero-order valence-corrected chi connectivity index (χ0v) is 15.0. The smallest absolute Gasteiger partial charge is 0.319 e. The molecule has 9 heteroatoms. The predicted octanol–water partition coefficient (Wildman–Crippen LogP) is 1.92. The molecule has 9 nitrogen and oxygen atoms in total. The van der Waals surface area contributed by atoms with Crippen molar-refractivity contribution in [2.24, 2.45) is 5.92 Å². The number of nitrogens with zero attached hydrogens (tertiary/aromatic N) is 2. The van der Waals surface area contributed by atoms with Gasteiger partial charge in [0.15, 0.2) is 5.82 Å². The Morgan fingerprint density at radius 1 is 1.27 bits per heavy atom. The van der Waals surface area contributed by atoms with Crippen molar-refractivity contribution >= 4 is 17.6 Å². The van der Waals surface area contributed by atoms with E-state index in [2.05, 4.69) is 26.1 Å². The molecule has 1 heterocycles. The van der Waals surface area contributed by atoms with Gasteiger partial charge in [-0.2, -0.15) is 4.98 Å². The molecule has 0 radical (unpaired) electrons. The van der Waals surface area contributed by atoms with Crippen molar-refractivity contribution in [2.75, 3.05) is 19.0 Å². The topological polar surface area (TPSA) is 118 Å². The maximum absolute atomic E-state index is 12.1. The number of nitrogens with one attached hydrogen (secondary N) is 3. The number of ether oxygens (including phenoxy) is 1. The lowest BCUT2D eigenvalue weighted by atomic mass is 10.1. The van der Waals surface area contributed by atoms with Crippen molar-refractivity contribution in [3.8, 4) is 0 Å². The van der Waals surface area contributed by atoms with Crippen molar-refractivity contribution in [1.29, 1.82) is 0 Å². The van der Waals surface area contributed by atoms with Crippen LogP contribution in [-0.2, 0) is 17.9 Å². The SMILES string of the molecule is COCc1noc(CNC(=O)Nc2cccc(C(=O)NCC(C)C)c2)n1. The fourth-order valence-electron chi connectivity index (χ4n) is 2.02. The third-order valence-corrected chi connectivity index (χ3v) is 3.24. The lowest BCUT2D eigenvalue weighted by Gasteiger charge is -2.10. The molecule has 0 spiro atoms. The Hall–Kier alpha value is -2.94. The number of methoxy groups -OCH3 is 1. The van der Waals surface area contributed by atoms with E-state index in [0.29, 0.717) is 29.5 Å². The van der Waals surface area contributed by atoms with Crippen LogP contribution in [0.1, 0.15) is 35.9 Å². The average molecular weight is 361 g/mol. The quantitative estimate of drug-likeness (QED) is 0.661. The predicted molar refractivity (Wildman–Crippen MR) is 94.5 cm³/mol. The van der Waals surface area contributed by atoms with Gasteiger partial charge in [-0.3, -0.25) is 4.79 Å². The van der Waals surface area contributed by atoms with Crippen molar-refractivity contribution in [2.45, 2.75) is 27.0 Å². The Morgan fingerprint density at radius 2 is 2.08 bits per heavy atom. The minimum Gasteiger partial charge on any atom is -0.377 e. The largest absolute Gasteiger partial charge is 0.377 e. The standard InChI is InChI=1S/C17H23N5O4/c1-11(2)8-18-16(23)12-5-4-6-13(7-12)20-17(24)19-9-15-21-14(10-25-3)22-26-15/h4-7,11H,8-10H2,1-3H3,(H,18,23)(H2,19,20,24). The molecular weight excluding hydrogens is 338 g/mol. The molecule has 1 aromatic carbocycles. The zero-order chi connectivity index (χ0) is 18.9. The van der Waals surface area contributed by atoms with Gasteiger partial charge in [0.25, 0.3) is 5.91 Å². The Bertz CT molecular complexity index is 744. The number of aromatic nitrogens is 2. The number of carbonyl (C=O) groups excluding carboxylic acids is 2. The Labute approximate surface area is 151 Å². The Balaban J connectivity index is 1.86. The summed E-state index contributed by atoms with van der Waals surface area (Å²) in [4.78, 5) is 28.1. The minimum atomic E-state index is -0.448. The Morgan fingerprint density at radius 3 is 2.81 bits per heavy atom. The molecule has 0 atom stereocenters. The molecule has 0 unspecified atom stereocenters. The summed E-state index contributed by atoms with van der Waals surface area (Å²) in [6.07, 6.45) is 0. The summed E-state index contributed by atoms with van der Waals surface area (Å²) in [7, 11) is 1.53. The van der Waals surface area contributed by atoms with Crippen molar-refractivity contribution < 1.29 is 18.8 Å². The molecule has 0 saturated heterocycles. The number of rotatable bonds is 8. The van der Waals surface area contributed by atoms with Crippen LogP contribution in [0.5, 0.6) is 0 Å². The van der Waals surface area contributed by atoms with Gasteiger partial charge in [0.05, 0.1) is 6.54 Å². The first-order valence-corrected chi connectivity index (χ1v) is 8.21. The van der Waals surface area contributed by atoms with E-state index in [1.54, 1.807) is 24.3 Å². The third kappa shape index (κ3) is 6.17. The molecule has 0 saturated carbocycles. The van der Waals surface area contributed by atoms with E-state index >= 15 is 0 Å². The number of amides is 3. The highest BCUT2D eigenvalue weighted by atomic mass is 16.5. The van der Waals surface area contributed by atoms with E-state index in [4.69, 9.17) is 9.26 Å². The number of benzene rings is 1. The summed E-state index contributed by atoms with van der Waals surface area (Å²) >= 11 is 0. The molecule has 2 rings (SSSR count). The molecule has 26 heavy (non-hydrogen) atoms. The van der Waals surface area contributed by atoms with Gasteiger partial charge in [-0.15, -0.1) is 0 Å². The summed E-state index contributed by atoms with van der Waals surface area (Å²) in [6.45, 7) is 4.94. The number of hydrogen-bond donors (Lipinski definition) is 3. The van der Waals surface area contributed by atoms with Crippen LogP contribution in [0.2, 0.25) is 0 Å². The molecule has 3 N–H and O–H groups in total. The number of hydrogen-bond acceptors (Lipinski definition) is 6. The van der Waals surface area contributed by atoms with Crippen LogP contribution in [-0.4, -0.2) is 35.7 Å². The second kappa shape index (κ2) is 9.52. The number of urea groups is 1. The number of carbonyl (C=O) groups is 2. The van der Waals surface area contributed by atoms with E-state index in [0.717, 1.165) is 0 Å². The second-order valence-corrected chi connectivity index (χ2v) is 6.03. The monoisotopic (exact) mass is 361 g/mol. The summed E-state index contributed by atoms with van der Waals surface area (Å²) in [5.41, 5.74) is 0.981. The van der Waals surface area contributed by atoms with Crippen molar-refractivity contribution in [1.82, 2.24) is 20.8 Å². The van der Waals surface area contributed by atoms with Crippen LogP contribution in [0.15, 0.2) is 28.8 Å². The van der Waals surface area contributed by atoms with Crippen LogP contribution in [0.3, 0.4) is 0 Å². The van der Waals surface area contributed by atoms with E-state index in [1.165, 1.54) is 7.11 Å². The molecule has 0 fully saturated rings. The number of anilines is 1. The van der Waals surface area contributed by atoms with Gasteiger partial charge < -0.3 is 25.2 Å². The second-order valence-electron chi connectivity index (χ2n) is 6.03. The first kappa shape index (κ1) is 19.4. The van der Waals surface area contributed by atoms with E-state index < -0.39 is 6.03 Å². The molecular formula is C17H23N5O4. The molecule has 3 amide bonds. The zero-order valence-electron chi connectivity index (χ0n) is 15.0. The van der Waals surface area contributed by atoms with Gasteiger partial charge in [-0.25, -0.2) is 4.79 Å². The molecule has 0 aliphatic carbocycles. The summed E-state index contributed by atoms with van der Waals surface area (Å²) in [5.74, 6) is 0.860. The summed E-state index contributed by atoms with van der Waals surface area (Å²) < 4.78 is 9.87. The lowest BCUT2D eigenvalue weighted by Crippen LogP contribution is -2.29. The van der Waals surface area contributed by atoms with Crippen LogP contribution in [0.4, 0.5) is 10.5 Å². The van der Waals surface area contributed by atoms with E-state index in [-0.39, 0.29) is 24.9 Å². The van der Waals surface area contributed by atoms with Crippen molar-refractivity contribution in [3.63, 3.8) is 0 Å².